The monoisotopic (exact) mass is 288 g/mol. The maximum Gasteiger partial charge on any atom is 0.224 e. The molecule has 1 aromatic rings. The quantitative estimate of drug-likeness (QED) is 0.817. The molecule has 1 amide bonds. The molecule has 0 bridgehead atoms. The summed E-state index contributed by atoms with van der Waals surface area (Å²) < 4.78 is 5.39. The van der Waals surface area contributed by atoms with Crippen LogP contribution in [0.15, 0.2) is 36.9 Å². The van der Waals surface area contributed by atoms with Gasteiger partial charge in [-0.25, -0.2) is 0 Å². The predicted octanol–water partition coefficient (Wildman–Crippen LogP) is 3.21. The van der Waals surface area contributed by atoms with E-state index < -0.39 is 0 Å². The van der Waals surface area contributed by atoms with E-state index in [0.717, 1.165) is 31.6 Å². The van der Waals surface area contributed by atoms with Crippen LogP contribution in [0.4, 0.5) is 11.4 Å². The lowest BCUT2D eigenvalue weighted by Gasteiger charge is -2.33. The molecule has 2 rings (SSSR count). The number of hydrogen-bond acceptors (Lipinski definition) is 3. The Morgan fingerprint density at radius 3 is 2.62 bits per heavy atom. The molecule has 114 valence electrons. The van der Waals surface area contributed by atoms with Crippen LogP contribution < -0.4 is 10.2 Å². The van der Waals surface area contributed by atoms with Crippen molar-refractivity contribution >= 4 is 17.3 Å². The van der Waals surface area contributed by atoms with Crippen LogP contribution in [0.5, 0.6) is 0 Å². The second kappa shape index (κ2) is 7.84. The summed E-state index contributed by atoms with van der Waals surface area (Å²) in [6.07, 6.45) is 5.47. The molecule has 1 N–H and O–H groups in total. The topological polar surface area (TPSA) is 41.6 Å². The third kappa shape index (κ3) is 4.60. The van der Waals surface area contributed by atoms with Crippen LogP contribution >= 0.6 is 0 Å². The zero-order valence-corrected chi connectivity index (χ0v) is 12.7. The van der Waals surface area contributed by atoms with Crippen LogP contribution in [0, 0.1) is 0 Å². The Morgan fingerprint density at radius 1 is 1.38 bits per heavy atom. The first-order chi connectivity index (χ1) is 10.2. The molecule has 0 aromatic heterocycles. The molecule has 1 aliphatic heterocycles. The van der Waals surface area contributed by atoms with Crippen LogP contribution in [0.2, 0.25) is 0 Å². The van der Waals surface area contributed by atoms with Crippen LogP contribution in [0.1, 0.15) is 25.7 Å². The average Bonchev–Trinajstić information content (AvgIpc) is 2.54. The van der Waals surface area contributed by atoms with Crippen molar-refractivity contribution in [3.63, 3.8) is 0 Å². The Hall–Kier alpha value is -1.81. The van der Waals surface area contributed by atoms with Crippen molar-refractivity contribution in [1.29, 1.82) is 0 Å². The lowest BCUT2D eigenvalue weighted by molar-refractivity contribution is -0.116. The van der Waals surface area contributed by atoms with E-state index in [9.17, 15) is 4.79 Å². The summed E-state index contributed by atoms with van der Waals surface area (Å²) in [5, 5.41) is 2.90. The van der Waals surface area contributed by atoms with E-state index in [4.69, 9.17) is 4.74 Å². The number of allylic oxidation sites excluding steroid dienone is 1. The first-order valence-corrected chi connectivity index (χ1v) is 7.51. The highest BCUT2D eigenvalue weighted by Crippen LogP contribution is 2.23. The Balaban J connectivity index is 1.87. The van der Waals surface area contributed by atoms with Gasteiger partial charge in [-0.1, -0.05) is 6.08 Å². The molecule has 0 radical (unpaired) electrons. The smallest absolute Gasteiger partial charge is 0.224 e. The molecular weight excluding hydrogens is 264 g/mol. The molecule has 0 atom stereocenters. The third-order valence-corrected chi connectivity index (χ3v) is 3.87. The highest BCUT2D eigenvalue weighted by molar-refractivity contribution is 5.90. The van der Waals surface area contributed by atoms with Crippen molar-refractivity contribution in [2.24, 2.45) is 0 Å². The summed E-state index contributed by atoms with van der Waals surface area (Å²) in [4.78, 5) is 14.0. The van der Waals surface area contributed by atoms with Crippen LogP contribution in [0.25, 0.3) is 0 Å². The van der Waals surface area contributed by atoms with Gasteiger partial charge in [0.2, 0.25) is 5.91 Å². The van der Waals surface area contributed by atoms with Gasteiger partial charge in [0.05, 0.1) is 6.10 Å². The van der Waals surface area contributed by atoms with E-state index in [1.807, 2.05) is 12.1 Å². The largest absolute Gasteiger partial charge is 0.381 e. The summed E-state index contributed by atoms with van der Waals surface area (Å²) in [6, 6.07) is 8.06. The predicted molar refractivity (Wildman–Crippen MR) is 86.7 cm³/mol. The molecule has 1 heterocycles. The van der Waals surface area contributed by atoms with Crippen molar-refractivity contribution in [3.8, 4) is 0 Å². The molecule has 1 aromatic carbocycles. The maximum absolute atomic E-state index is 11.6. The Labute approximate surface area is 126 Å². The maximum atomic E-state index is 11.6. The van der Waals surface area contributed by atoms with Gasteiger partial charge in [0.15, 0.2) is 0 Å². The number of methoxy groups -OCH3 is 1. The molecule has 4 heteroatoms. The van der Waals surface area contributed by atoms with Gasteiger partial charge in [-0.05, 0) is 43.5 Å². The molecule has 1 aliphatic rings. The number of carbonyl (C=O) groups excluding carboxylic acids is 1. The van der Waals surface area contributed by atoms with E-state index >= 15 is 0 Å². The van der Waals surface area contributed by atoms with Gasteiger partial charge >= 0.3 is 0 Å². The zero-order chi connectivity index (χ0) is 15.1. The number of piperidine rings is 1. The number of ether oxygens (including phenoxy) is 1. The van der Waals surface area contributed by atoms with Crippen molar-refractivity contribution in [2.45, 2.75) is 31.8 Å². The third-order valence-electron chi connectivity index (χ3n) is 3.87. The molecule has 1 fully saturated rings. The first kappa shape index (κ1) is 15.6. The average molecular weight is 288 g/mol. The molecule has 0 aliphatic carbocycles. The number of amides is 1. The van der Waals surface area contributed by atoms with E-state index in [-0.39, 0.29) is 5.91 Å². The molecule has 21 heavy (non-hydrogen) atoms. The minimum Gasteiger partial charge on any atom is -0.381 e. The Morgan fingerprint density at radius 2 is 2.05 bits per heavy atom. The number of carbonyl (C=O) groups is 1. The van der Waals surface area contributed by atoms with Gasteiger partial charge in [-0.2, -0.15) is 0 Å². The molecular formula is C17H24N2O2. The molecule has 0 saturated carbocycles. The van der Waals surface area contributed by atoms with Gasteiger partial charge in [-0.3, -0.25) is 4.79 Å². The molecule has 0 spiro atoms. The number of hydrogen-bond donors (Lipinski definition) is 1. The molecule has 0 unspecified atom stereocenters. The van der Waals surface area contributed by atoms with Crippen molar-refractivity contribution < 1.29 is 9.53 Å². The fourth-order valence-electron chi connectivity index (χ4n) is 2.56. The van der Waals surface area contributed by atoms with Crippen molar-refractivity contribution in [3.05, 3.63) is 36.9 Å². The minimum atomic E-state index is 0.0311. The number of rotatable bonds is 6. The second-order valence-corrected chi connectivity index (χ2v) is 5.34. The summed E-state index contributed by atoms with van der Waals surface area (Å²) >= 11 is 0. The number of benzene rings is 1. The van der Waals surface area contributed by atoms with Crippen molar-refractivity contribution in [2.75, 3.05) is 30.4 Å². The Bertz CT molecular complexity index is 462. The van der Waals surface area contributed by atoms with E-state index in [1.54, 1.807) is 13.2 Å². The highest BCUT2D eigenvalue weighted by Gasteiger charge is 2.18. The highest BCUT2D eigenvalue weighted by atomic mass is 16.5. The van der Waals surface area contributed by atoms with Gasteiger partial charge in [0.1, 0.15) is 0 Å². The number of nitrogens with one attached hydrogen (secondary N) is 1. The Kier molecular flexibility index (Phi) is 5.81. The molecule has 4 nitrogen and oxygen atoms in total. The first-order valence-electron chi connectivity index (χ1n) is 7.51. The normalized spacial score (nSPS) is 15.8. The van der Waals surface area contributed by atoms with Gasteiger partial charge < -0.3 is 15.0 Å². The van der Waals surface area contributed by atoms with Gasteiger partial charge in [0.25, 0.3) is 0 Å². The summed E-state index contributed by atoms with van der Waals surface area (Å²) in [5.41, 5.74) is 2.05. The lowest BCUT2D eigenvalue weighted by atomic mass is 10.1. The second-order valence-electron chi connectivity index (χ2n) is 5.34. The minimum absolute atomic E-state index is 0.0311. The van der Waals surface area contributed by atoms with Crippen LogP contribution in [-0.2, 0) is 9.53 Å². The van der Waals surface area contributed by atoms with E-state index in [1.165, 1.54) is 5.69 Å². The van der Waals surface area contributed by atoms with Gasteiger partial charge in [-0.15, -0.1) is 6.58 Å². The van der Waals surface area contributed by atoms with Gasteiger partial charge in [0, 0.05) is 38.0 Å². The van der Waals surface area contributed by atoms with E-state index in [0.29, 0.717) is 18.9 Å². The number of anilines is 2. The van der Waals surface area contributed by atoms with E-state index in [2.05, 4.69) is 28.9 Å². The van der Waals surface area contributed by atoms with Crippen LogP contribution in [0.3, 0.4) is 0 Å². The summed E-state index contributed by atoms with van der Waals surface area (Å²) in [6.45, 7) is 5.65. The summed E-state index contributed by atoms with van der Waals surface area (Å²) in [7, 11) is 1.78. The van der Waals surface area contributed by atoms with Crippen LogP contribution in [-0.4, -0.2) is 32.2 Å². The standard InChI is InChI=1S/C17H24N2O2/c1-3-4-5-17(20)18-14-6-8-15(9-7-14)19-12-10-16(21-2)11-13-19/h3,6-9,16H,1,4-5,10-13H2,2H3,(H,18,20). The van der Waals surface area contributed by atoms with Crippen molar-refractivity contribution in [1.82, 2.24) is 0 Å². The number of nitrogens with zero attached hydrogens (tertiary/aromatic N) is 1. The lowest BCUT2D eigenvalue weighted by Crippen LogP contribution is -2.36. The zero-order valence-electron chi connectivity index (χ0n) is 12.7. The molecule has 1 saturated heterocycles. The fraction of sp³-hybridized carbons (Fsp3) is 0.471. The fourth-order valence-corrected chi connectivity index (χ4v) is 2.56. The summed E-state index contributed by atoms with van der Waals surface area (Å²) in [5.74, 6) is 0.0311. The SMILES string of the molecule is C=CCCC(=O)Nc1ccc(N2CCC(OC)CC2)cc1.